The number of alkyl halides is 5. The zero-order valence-corrected chi connectivity index (χ0v) is 18.1. The highest BCUT2D eigenvalue weighted by atomic mass is 19.4. The molecule has 14 heteroatoms. The lowest BCUT2D eigenvalue weighted by molar-refractivity contribution is -0.137. The van der Waals surface area contributed by atoms with Crippen molar-refractivity contribution >= 4 is 17.4 Å². The molecule has 2 aliphatic rings. The molecule has 2 aromatic heterocycles. The van der Waals surface area contributed by atoms with Crippen LogP contribution in [0.15, 0.2) is 36.8 Å². The highest BCUT2D eigenvalue weighted by molar-refractivity contribution is 6.07. The third-order valence-corrected chi connectivity index (χ3v) is 5.71. The van der Waals surface area contributed by atoms with E-state index in [0.717, 1.165) is 10.7 Å². The number of nitrogens with one attached hydrogen (secondary N) is 1. The van der Waals surface area contributed by atoms with Crippen LogP contribution in [0.5, 0.6) is 5.75 Å². The molecule has 1 N–H and O–H groups in total. The van der Waals surface area contributed by atoms with Gasteiger partial charge in [0, 0.05) is 25.7 Å². The number of anilines is 2. The second-order valence-corrected chi connectivity index (χ2v) is 8.48. The van der Waals surface area contributed by atoms with Crippen LogP contribution in [-0.4, -0.2) is 50.6 Å². The molecule has 3 heterocycles. The first-order valence-corrected chi connectivity index (χ1v) is 10.5. The van der Waals surface area contributed by atoms with Crippen molar-refractivity contribution in [1.29, 1.82) is 0 Å². The van der Waals surface area contributed by atoms with Gasteiger partial charge in [0.2, 0.25) is 0 Å². The van der Waals surface area contributed by atoms with E-state index in [1.165, 1.54) is 17.1 Å². The minimum atomic E-state index is -4.75. The van der Waals surface area contributed by atoms with Crippen molar-refractivity contribution in [3.05, 3.63) is 53.7 Å². The third kappa shape index (κ3) is 4.51. The van der Waals surface area contributed by atoms with E-state index in [1.807, 2.05) is 0 Å². The van der Waals surface area contributed by atoms with Gasteiger partial charge in [0.15, 0.2) is 0 Å². The van der Waals surface area contributed by atoms with E-state index < -0.39 is 48.0 Å². The predicted octanol–water partition coefficient (Wildman–Crippen LogP) is 3.87. The maximum absolute atomic E-state index is 13.8. The number of amides is 1. The van der Waals surface area contributed by atoms with Crippen molar-refractivity contribution in [2.45, 2.75) is 30.7 Å². The number of carbonyl (C=O) groups excluding carboxylic acids is 1. The van der Waals surface area contributed by atoms with Crippen LogP contribution in [0.2, 0.25) is 0 Å². The molecule has 1 aliphatic carbocycles. The number of aryl methyl sites for hydroxylation is 1. The first kappa shape index (κ1) is 23.1. The number of nitrogens with zero attached hydrogens (tertiary/aromatic N) is 5. The van der Waals surface area contributed by atoms with Gasteiger partial charge in [-0.3, -0.25) is 9.48 Å². The fourth-order valence-electron chi connectivity index (χ4n) is 3.88. The van der Waals surface area contributed by atoms with E-state index in [2.05, 4.69) is 15.5 Å². The number of halogens is 6. The van der Waals surface area contributed by atoms with Gasteiger partial charge < -0.3 is 15.0 Å². The lowest BCUT2D eigenvalue weighted by Crippen LogP contribution is -2.55. The molecular weight excluding hydrogens is 482 g/mol. The van der Waals surface area contributed by atoms with Crippen molar-refractivity contribution in [2.24, 2.45) is 7.05 Å². The van der Waals surface area contributed by atoms with Crippen molar-refractivity contribution in [3.63, 3.8) is 0 Å². The van der Waals surface area contributed by atoms with Crippen molar-refractivity contribution < 1.29 is 35.9 Å². The second kappa shape index (κ2) is 7.92. The summed E-state index contributed by atoms with van der Waals surface area (Å²) >= 11 is 0. The molecule has 1 amide bonds. The molecule has 1 atom stereocenters. The zero-order valence-electron chi connectivity index (χ0n) is 18.1. The molecule has 0 spiro atoms. The van der Waals surface area contributed by atoms with Gasteiger partial charge in [-0.15, -0.1) is 0 Å². The van der Waals surface area contributed by atoms with Crippen LogP contribution in [-0.2, 0) is 13.2 Å². The van der Waals surface area contributed by atoms with Gasteiger partial charge in [0.05, 0.1) is 36.7 Å². The number of rotatable bonds is 6. The fourth-order valence-corrected chi connectivity index (χ4v) is 3.88. The Morgan fingerprint density at radius 3 is 2.49 bits per heavy atom. The minimum absolute atomic E-state index is 0.0418. The maximum atomic E-state index is 13.8. The summed E-state index contributed by atoms with van der Waals surface area (Å²) in [6, 6.07) is 0.671. The Morgan fingerprint density at radius 1 is 1.17 bits per heavy atom. The summed E-state index contributed by atoms with van der Waals surface area (Å²) in [7, 11) is 1.66. The van der Waals surface area contributed by atoms with Crippen LogP contribution in [0.4, 0.5) is 37.8 Å². The Hall–Kier alpha value is -3.71. The summed E-state index contributed by atoms with van der Waals surface area (Å²) in [6.07, 6.45) is -1.67. The SMILES string of the molecule is Cn1cc(NC(=O)c2cnn(C3CC3(F)F)c2N2CC(Oc3cc(F)cc(C(F)(F)F)c3)C2)cn1. The second-order valence-electron chi connectivity index (χ2n) is 8.48. The molecular formula is C21H18F6N6O2. The van der Waals surface area contributed by atoms with Crippen LogP contribution < -0.4 is 15.0 Å². The molecule has 0 bridgehead atoms. The smallest absolute Gasteiger partial charge is 0.416 e. The topological polar surface area (TPSA) is 77.2 Å². The summed E-state index contributed by atoms with van der Waals surface area (Å²) in [6.45, 7) is 0.129. The average Bonchev–Trinajstić information content (AvgIpc) is 3.04. The van der Waals surface area contributed by atoms with Gasteiger partial charge in [0.1, 0.15) is 35.1 Å². The molecule has 1 unspecified atom stereocenters. The van der Waals surface area contributed by atoms with E-state index in [0.29, 0.717) is 17.8 Å². The minimum Gasteiger partial charge on any atom is -0.487 e. The largest absolute Gasteiger partial charge is 0.487 e. The van der Waals surface area contributed by atoms with Crippen LogP contribution in [0, 0.1) is 5.82 Å². The van der Waals surface area contributed by atoms with Crippen molar-refractivity contribution in [1.82, 2.24) is 19.6 Å². The summed E-state index contributed by atoms with van der Waals surface area (Å²) in [5.74, 6) is -4.82. The standard InChI is InChI=1S/C21H18F6N6O2/c1-31-8-13(6-28-31)30-18(34)16-7-29-33(17-5-20(17,23)24)19(16)32-9-15(10-32)35-14-3-11(21(25,26)27)2-12(22)4-14/h2-4,6-8,15,17H,5,9-10H2,1H3,(H,30,34). The lowest BCUT2D eigenvalue weighted by atomic mass is 10.1. The first-order valence-electron chi connectivity index (χ1n) is 10.5. The Bertz CT molecular complexity index is 1280. The highest BCUT2D eigenvalue weighted by Gasteiger charge is 2.60. The molecule has 8 nitrogen and oxygen atoms in total. The fraction of sp³-hybridized carbons (Fsp3) is 0.381. The van der Waals surface area contributed by atoms with E-state index in [1.54, 1.807) is 18.1 Å². The average molecular weight is 500 g/mol. The molecule has 186 valence electrons. The monoisotopic (exact) mass is 500 g/mol. The lowest BCUT2D eigenvalue weighted by Gasteiger charge is -2.41. The van der Waals surface area contributed by atoms with Gasteiger partial charge in [-0.25, -0.2) is 17.9 Å². The van der Waals surface area contributed by atoms with Crippen molar-refractivity contribution in [3.8, 4) is 5.75 Å². The van der Waals surface area contributed by atoms with Crippen molar-refractivity contribution in [2.75, 3.05) is 23.3 Å². The molecule has 1 saturated heterocycles. The summed E-state index contributed by atoms with van der Waals surface area (Å²) in [4.78, 5) is 14.4. The number of ether oxygens (including phenoxy) is 1. The van der Waals surface area contributed by atoms with Gasteiger partial charge in [-0.05, 0) is 12.1 Å². The third-order valence-electron chi connectivity index (χ3n) is 5.71. The van der Waals surface area contributed by atoms with E-state index in [4.69, 9.17) is 4.74 Å². The van der Waals surface area contributed by atoms with E-state index >= 15 is 0 Å². The van der Waals surface area contributed by atoms with Gasteiger partial charge in [-0.2, -0.15) is 23.4 Å². The molecule has 35 heavy (non-hydrogen) atoms. The molecule has 0 radical (unpaired) electrons. The Kier molecular flexibility index (Phi) is 5.21. The number of hydrogen-bond acceptors (Lipinski definition) is 5. The highest BCUT2D eigenvalue weighted by Crippen LogP contribution is 2.54. The Labute approximate surface area is 194 Å². The predicted molar refractivity (Wildman–Crippen MR) is 110 cm³/mol. The van der Waals surface area contributed by atoms with E-state index in [9.17, 15) is 31.1 Å². The Morgan fingerprint density at radius 2 is 1.89 bits per heavy atom. The quantitative estimate of drug-likeness (QED) is 0.520. The number of carbonyl (C=O) groups is 1. The summed E-state index contributed by atoms with van der Waals surface area (Å²) in [5.41, 5.74) is -0.753. The summed E-state index contributed by atoms with van der Waals surface area (Å²) in [5, 5.41) is 10.6. The van der Waals surface area contributed by atoms with Gasteiger partial charge >= 0.3 is 6.18 Å². The van der Waals surface area contributed by atoms with Crippen LogP contribution in [0.3, 0.4) is 0 Å². The molecule has 1 aliphatic heterocycles. The molecule has 3 aromatic rings. The first-order chi connectivity index (χ1) is 16.4. The molecule has 1 aromatic carbocycles. The number of hydrogen-bond donors (Lipinski definition) is 1. The molecule has 5 rings (SSSR count). The normalized spacial score (nSPS) is 19.4. The van der Waals surface area contributed by atoms with Crippen LogP contribution >= 0.6 is 0 Å². The summed E-state index contributed by atoms with van der Waals surface area (Å²) < 4.78 is 88.1. The van der Waals surface area contributed by atoms with Crippen LogP contribution in [0.25, 0.3) is 0 Å². The van der Waals surface area contributed by atoms with Gasteiger partial charge in [0.25, 0.3) is 11.8 Å². The maximum Gasteiger partial charge on any atom is 0.416 e. The Balaban J connectivity index is 1.34. The zero-order chi connectivity index (χ0) is 25.1. The number of aromatic nitrogens is 4. The van der Waals surface area contributed by atoms with E-state index in [-0.39, 0.29) is 30.2 Å². The number of benzene rings is 1. The van der Waals surface area contributed by atoms with Crippen LogP contribution in [0.1, 0.15) is 28.4 Å². The molecule has 2 fully saturated rings. The molecule has 1 saturated carbocycles. The van der Waals surface area contributed by atoms with Gasteiger partial charge in [-0.1, -0.05) is 0 Å².